The van der Waals surface area contributed by atoms with Crippen molar-refractivity contribution in [2.75, 3.05) is 39.8 Å². The van der Waals surface area contributed by atoms with E-state index in [1.165, 1.54) is 0 Å². The summed E-state index contributed by atoms with van der Waals surface area (Å²) in [6.45, 7) is 1.19. The van der Waals surface area contributed by atoms with Crippen molar-refractivity contribution >= 4 is 5.82 Å². The molecular weight excluding hydrogens is 208 g/mol. The molecule has 1 heterocycles. The maximum atomic E-state index is 5.22. The first kappa shape index (κ1) is 12.7. The number of aromatic nitrogens is 1. The van der Waals surface area contributed by atoms with Gasteiger partial charge in [0.25, 0.3) is 0 Å². The quantitative estimate of drug-likeness (QED) is 0.756. The first-order chi connectivity index (χ1) is 7.80. The maximum absolute atomic E-state index is 5.22. The van der Waals surface area contributed by atoms with Crippen LogP contribution in [0.5, 0.6) is 5.88 Å². The second-order valence-corrected chi connectivity index (χ2v) is 3.26. The van der Waals surface area contributed by atoms with Gasteiger partial charge in [-0.3, -0.25) is 0 Å². The van der Waals surface area contributed by atoms with Gasteiger partial charge in [0.1, 0.15) is 5.82 Å². The molecule has 0 aliphatic heterocycles. The molecule has 0 saturated carbocycles. The van der Waals surface area contributed by atoms with Crippen LogP contribution in [-0.2, 0) is 9.47 Å². The van der Waals surface area contributed by atoms with Gasteiger partial charge < -0.3 is 19.5 Å². The monoisotopic (exact) mass is 226 g/mol. The molecule has 0 saturated heterocycles. The van der Waals surface area contributed by atoms with Gasteiger partial charge in [0.05, 0.1) is 19.8 Å². The molecule has 90 valence electrons. The molecule has 16 heavy (non-hydrogen) atoms. The SMILES string of the molecule is COCC(CNc1cccc(OC)n1)OC. The Morgan fingerprint density at radius 3 is 2.75 bits per heavy atom. The van der Waals surface area contributed by atoms with Gasteiger partial charge in [0.2, 0.25) is 5.88 Å². The van der Waals surface area contributed by atoms with E-state index in [0.29, 0.717) is 19.0 Å². The summed E-state index contributed by atoms with van der Waals surface area (Å²) in [5.41, 5.74) is 0. The highest BCUT2D eigenvalue weighted by molar-refractivity contribution is 5.37. The molecule has 0 radical (unpaired) electrons. The lowest BCUT2D eigenvalue weighted by Gasteiger charge is -2.15. The first-order valence-corrected chi connectivity index (χ1v) is 5.06. The lowest BCUT2D eigenvalue weighted by molar-refractivity contribution is 0.0365. The number of nitrogens with zero attached hydrogens (tertiary/aromatic N) is 1. The Balaban J connectivity index is 2.46. The smallest absolute Gasteiger partial charge is 0.214 e. The Morgan fingerprint density at radius 2 is 2.12 bits per heavy atom. The predicted octanol–water partition coefficient (Wildman–Crippen LogP) is 1.16. The van der Waals surface area contributed by atoms with E-state index in [1.807, 2.05) is 12.1 Å². The summed E-state index contributed by atoms with van der Waals surface area (Å²) in [6, 6.07) is 5.56. The zero-order valence-corrected chi connectivity index (χ0v) is 9.90. The largest absolute Gasteiger partial charge is 0.481 e. The molecule has 0 aliphatic carbocycles. The molecule has 0 amide bonds. The molecule has 5 heteroatoms. The van der Waals surface area contributed by atoms with Crippen molar-refractivity contribution in [2.45, 2.75) is 6.10 Å². The van der Waals surface area contributed by atoms with Gasteiger partial charge in [0, 0.05) is 26.8 Å². The minimum absolute atomic E-state index is 0.0120. The number of rotatable bonds is 7. The topological polar surface area (TPSA) is 52.6 Å². The molecule has 0 bridgehead atoms. The van der Waals surface area contributed by atoms with Crippen molar-refractivity contribution in [1.29, 1.82) is 0 Å². The highest BCUT2D eigenvalue weighted by Crippen LogP contribution is 2.10. The van der Waals surface area contributed by atoms with Gasteiger partial charge in [0.15, 0.2) is 0 Å². The summed E-state index contributed by atoms with van der Waals surface area (Å²) in [6.07, 6.45) is 0.0120. The molecule has 0 aromatic carbocycles. The minimum Gasteiger partial charge on any atom is -0.481 e. The summed E-state index contributed by atoms with van der Waals surface area (Å²) in [4.78, 5) is 4.23. The molecule has 1 rings (SSSR count). The van der Waals surface area contributed by atoms with Gasteiger partial charge in [-0.15, -0.1) is 0 Å². The van der Waals surface area contributed by atoms with Crippen molar-refractivity contribution < 1.29 is 14.2 Å². The Labute approximate surface area is 95.7 Å². The van der Waals surface area contributed by atoms with Gasteiger partial charge in [-0.05, 0) is 6.07 Å². The van der Waals surface area contributed by atoms with Crippen LogP contribution in [0.4, 0.5) is 5.82 Å². The van der Waals surface area contributed by atoms with Crippen LogP contribution in [0.25, 0.3) is 0 Å². The van der Waals surface area contributed by atoms with Crippen LogP contribution < -0.4 is 10.1 Å². The van der Waals surface area contributed by atoms with Crippen molar-refractivity contribution in [1.82, 2.24) is 4.98 Å². The molecule has 1 unspecified atom stereocenters. The number of hydrogen-bond donors (Lipinski definition) is 1. The third kappa shape index (κ3) is 4.04. The summed E-state index contributed by atoms with van der Waals surface area (Å²) < 4.78 is 15.3. The number of anilines is 1. The van der Waals surface area contributed by atoms with Crippen LogP contribution in [-0.4, -0.2) is 45.6 Å². The summed E-state index contributed by atoms with van der Waals surface area (Å²) in [7, 11) is 4.90. The summed E-state index contributed by atoms with van der Waals surface area (Å²) in [5, 5.41) is 3.16. The highest BCUT2D eigenvalue weighted by Gasteiger charge is 2.06. The van der Waals surface area contributed by atoms with E-state index in [4.69, 9.17) is 14.2 Å². The van der Waals surface area contributed by atoms with E-state index < -0.39 is 0 Å². The van der Waals surface area contributed by atoms with Crippen molar-refractivity contribution in [3.05, 3.63) is 18.2 Å². The normalized spacial score (nSPS) is 12.2. The Kier molecular flexibility index (Phi) is 5.60. The van der Waals surface area contributed by atoms with E-state index in [-0.39, 0.29) is 6.10 Å². The molecule has 0 aliphatic rings. The van der Waals surface area contributed by atoms with Gasteiger partial charge in [-0.25, -0.2) is 0 Å². The number of nitrogens with one attached hydrogen (secondary N) is 1. The van der Waals surface area contributed by atoms with Gasteiger partial charge >= 0.3 is 0 Å². The number of pyridine rings is 1. The minimum atomic E-state index is 0.0120. The maximum Gasteiger partial charge on any atom is 0.214 e. The highest BCUT2D eigenvalue weighted by atomic mass is 16.5. The van der Waals surface area contributed by atoms with E-state index in [0.717, 1.165) is 5.82 Å². The molecule has 1 aromatic heterocycles. The summed E-state index contributed by atoms with van der Waals surface area (Å²) in [5.74, 6) is 1.35. The van der Waals surface area contributed by atoms with Gasteiger partial charge in [-0.1, -0.05) is 6.07 Å². The zero-order valence-electron chi connectivity index (χ0n) is 9.90. The number of ether oxygens (including phenoxy) is 3. The van der Waals surface area contributed by atoms with Crippen molar-refractivity contribution in [3.63, 3.8) is 0 Å². The lowest BCUT2D eigenvalue weighted by Crippen LogP contribution is -2.26. The summed E-state index contributed by atoms with van der Waals surface area (Å²) >= 11 is 0. The Morgan fingerprint density at radius 1 is 1.31 bits per heavy atom. The van der Waals surface area contributed by atoms with Crippen LogP contribution in [0.2, 0.25) is 0 Å². The van der Waals surface area contributed by atoms with E-state index in [9.17, 15) is 0 Å². The predicted molar refractivity (Wildman–Crippen MR) is 62.0 cm³/mol. The fourth-order valence-corrected chi connectivity index (χ4v) is 1.24. The van der Waals surface area contributed by atoms with Gasteiger partial charge in [-0.2, -0.15) is 4.98 Å². The molecule has 1 atom stereocenters. The molecular formula is C11H18N2O3. The van der Waals surface area contributed by atoms with Crippen LogP contribution >= 0.6 is 0 Å². The van der Waals surface area contributed by atoms with E-state index in [1.54, 1.807) is 27.4 Å². The molecule has 0 spiro atoms. The average Bonchev–Trinajstić information content (AvgIpc) is 2.34. The van der Waals surface area contributed by atoms with Crippen LogP contribution in [0, 0.1) is 0 Å². The fourth-order valence-electron chi connectivity index (χ4n) is 1.24. The van der Waals surface area contributed by atoms with Crippen molar-refractivity contribution in [3.8, 4) is 5.88 Å². The third-order valence-electron chi connectivity index (χ3n) is 2.13. The second-order valence-electron chi connectivity index (χ2n) is 3.26. The average molecular weight is 226 g/mol. The fraction of sp³-hybridized carbons (Fsp3) is 0.545. The lowest BCUT2D eigenvalue weighted by atomic mass is 10.3. The molecule has 5 nitrogen and oxygen atoms in total. The van der Waals surface area contributed by atoms with E-state index >= 15 is 0 Å². The molecule has 1 aromatic rings. The Hall–Kier alpha value is -1.33. The van der Waals surface area contributed by atoms with Crippen molar-refractivity contribution in [2.24, 2.45) is 0 Å². The number of methoxy groups -OCH3 is 3. The van der Waals surface area contributed by atoms with Crippen LogP contribution in [0.3, 0.4) is 0 Å². The third-order valence-corrected chi connectivity index (χ3v) is 2.13. The standard InChI is InChI=1S/C11H18N2O3/c1-14-8-9(15-2)7-12-10-5-4-6-11(13-10)16-3/h4-6,9H,7-8H2,1-3H3,(H,12,13). The number of hydrogen-bond acceptors (Lipinski definition) is 5. The molecule has 0 fully saturated rings. The first-order valence-electron chi connectivity index (χ1n) is 5.06. The Bertz CT molecular complexity index is 307. The molecule has 1 N–H and O–H groups in total. The van der Waals surface area contributed by atoms with E-state index in [2.05, 4.69) is 10.3 Å². The van der Waals surface area contributed by atoms with Crippen LogP contribution in [0.1, 0.15) is 0 Å². The van der Waals surface area contributed by atoms with Crippen LogP contribution in [0.15, 0.2) is 18.2 Å². The zero-order chi connectivity index (χ0) is 11.8. The second kappa shape index (κ2) is 7.03.